The van der Waals surface area contributed by atoms with Gasteiger partial charge in [-0.25, -0.2) is 4.79 Å². The van der Waals surface area contributed by atoms with Gasteiger partial charge in [-0.1, -0.05) is 20.3 Å². The van der Waals surface area contributed by atoms with E-state index < -0.39 is 5.60 Å². The summed E-state index contributed by atoms with van der Waals surface area (Å²) in [5, 5.41) is 3.63. The number of carbonyl (C=O) groups is 1. The van der Waals surface area contributed by atoms with Gasteiger partial charge < -0.3 is 15.0 Å². The Morgan fingerprint density at radius 3 is 2.60 bits per heavy atom. The fraction of sp³-hybridized carbons (Fsp3) is 0.938. The SMILES string of the molecule is CCC(C)CNC1CCN(C(=O)OC(C)(C)C)C(C)C1. The van der Waals surface area contributed by atoms with Crippen LogP contribution in [0.5, 0.6) is 0 Å². The lowest BCUT2D eigenvalue weighted by atomic mass is 9.98. The Bertz CT molecular complexity index is 312. The molecule has 4 heteroatoms. The van der Waals surface area contributed by atoms with Crippen LogP contribution in [0.2, 0.25) is 0 Å². The summed E-state index contributed by atoms with van der Waals surface area (Å²) in [7, 11) is 0. The van der Waals surface area contributed by atoms with Crippen molar-refractivity contribution < 1.29 is 9.53 Å². The molecule has 1 heterocycles. The average Bonchev–Trinajstić information content (AvgIpc) is 2.33. The normalized spacial score (nSPS) is 25.4. The Hall–Kier alpha value is -0.770. The lowest BCUT2D eigenvalue weighted by Crippen LogP contribution is -2.51. The molecule has 0 aliphatic carbocycles. The molecule has 0 spiro atoms. The topological polar surface area (TPSA) is 41.6 Å². The number of hydrogen-bond acceptors (Lipinski definition) is 3. The highest BCUT2D eigenvalue weighted by molar-refractivity contribution is 5.68. The van der Waals surface area contributed by atoms with E-state index in [9.17, 15) is 4.79 Å². The second-order valence-corrected chi connectivity index (χ2v) is 7.17. The smallest absolute Gasteiger partial charge is 0.410 e. The van der Waals surface area contributed by atoms with E-state index >= 15 is 0 Å². The maximum Gasteiger partial charge on any atom is 0.410 e. The minimum absolute atomic E-state index is 0.176. The molecule has 0 saturated carbocycles. The van der Waals surface area contributed by atoms with E-state index in [1.807, 2.05) is 25.7 Å². The minimum atomic E-state index is -0.414. The van der Waals surface area contributed by atoms with Crippen molar-refractivity contribution in [3.63, 3.8) is 0 Å². The van der Waals surface area contributed by atoms with E-state index in [0.717, 1.165) is 25.9 Å². The molecule has 1 N–H and O–H groups in total. The first-order chi connectivity index (χ1) is 9.23. The molecule has 1 rings (SSSR count). The zero-order valence-electron chi connectivity index (χ0n) is 14.0. The van der Waals surface area contributed by atoms with Gasteiger partial charge in [-0.2, -0.15) is 0 Å². The number of piperidine rings is 1. The number of amides is 1. The Balaban J connectivity index is 2.41. The van der Waals surface area contributed by atoms with E-state index in [0.29, 0.717) is 12.0 Å². The molecule has 1 aliphatic heterocycles. The second kappa shape index (κ2) is 7.30. The van der Waals surface area contributed by atoms with Crippen molar-refractivity contribution in [1.82, 2.24) is 10.2 Å². The maximum atomic E-state index is 12.1. The van der Waals surface area contributed by atoms with Gasteiger partial charge in [0.25, 0.3) is 0 Å². The monoisotopic (exact) mass is 284 g/mol. The van der Waals surface area contributed by atoms with Crippen LogP contribution in [0.3, 0.4) is 0 Å². The number of nitrogens with zero attached hydrogens (tertiary/aromatic N) is 1. The number of likely N-dealkylation sites (tertiary alicyclic amines) is 1. The third-order valence-electron chi connectivity index (χ3n) is 3.96. The zero-order valence-corrected chi connectivity index (χ0v) is 14.0. The van der Waals surface area contributed by atoms with Crippen molar-refractivity contribution in [3.8, 4) is 0 Å². The lowest BCUT2D eigenvalue weighted by Gasteiger charge is -2.38. The van der Waals surface area contributed by atoms with Gasteiger partial charge in [-0.15, -0.1) is 0 Å². The van der Waals surface area contributed by atoms with Gasteiger partial charge in [0.2, 0.25) is 0 Å². The molecular weight excluding hydrogens is 252 g/mol. The third-order valence-corrected chi connectivity index (χ3v) is 3.96. The predicted molar refractivity (Wildman–Crippen MR) is 82.9 cm³/mol. The third kappa shape index (κ3) is 5.70. The van der Waals surface area contributed by atoms with E-state index in [4.69, 9.17) is 4.74 Å². The van der Waals surface area contributed by atoms with Crippen molar-refractivity contribution in [2.24, 2.45) is 5.92 Å². The summed E-state index contributed by atoms with van der Waals surface area (Å²) in [6.07, 6.45) is 3.06. The molecule has 3 atom stereocenters. The molecule has 0 radical (unpaired) electrons. The molecule has 1 fully saturated rings. The van der Waals surface area contributed by atoms with Gasteiger partial charge in [0.15, 0.2) is 0 Å². The van der Waals surface area contributed by atoms with Crippen LogP contribution in [-0.2, 0) is 4.74 Å². The molecule has 20 heavy (non-hydrogen) atoms. The fourth-order valence-electron chi connectivity index (χ4n) is 2.46. The van der Waals surface area contributed by atoms with Crippen LogP contribution in [0.4, 0.5) is 4.79 Å². The van der Waals surface area contributed by atoms with Crippen LogP contribution >= 0.6 is 0 Å². The van der Waals surface area contributed by atoms with Crippen molar-refractivity contribution in [1.29, 1.82) is 0 Å². The summed E-state index contributed by atoms with van der Waals surface area (Å²) >= 11 is 0. The molecule has 0 aromatic heterocycles. The first-order valence-electron chi connectivity index (χ1n) is 7.96. The standard InChI is InChI=1S/C16H32N2O2/c1-7-12(2)11-17-14-8-9-18(13(3)10-14)15(19)20-16(4,5)6/h12-14,17H,7-11H2,1-6H3. The number of nitrogens with one attached hydrogen (secondary N) is 1. The molecule has 4 nitrogen and oxygen atoms in total. The molecule has 1 saturated heterocycles. The summed E-state index contributed by atoms with van der Waals surface area (Å²) in [5.41, 5.74) is -0.414. The van der Waals surface area contributed by atoms with E-state index in [1.165, 1.54) is 6.42 Å². The average molecular weight is 284 g/mol. The Morgan fingerprint density at radius 1 is 1.45 bits per heavy atom. The van der Waals surface area contributed by atoms with Crippen LogP contribution < -0.4 is 5.32 Å². The summed E-state index contributed by atoms with van der Waals surface area (Å²) in [6.45, 7) is 14.2. The van der Waals surface area contributed by atoms with Gasteiger partial charge in [0, 0.05) is 18.6 Å². The fourth-order valence-corrected chi connectivity index (χ4v) is 2.46. The molecular formula is C16H32N2O2. The number of hydrogen-bond donors (Lipinski definition) is 1. The Kier molecular flexibility index (Phi) is 6.31. The number of rotatable bonds is 4. The quantitative estimate of drug-likeness (QED) is 0.860. The van der Waals surface area contributed by atoms with Crippen molar-refractivity contribution in [2.45, 2.75) is 78.5 Å². The summed E-state index contributed by atoms with van der Waals surface area (Å²) < 4.78 is 5.47. The maximum absolute atomic E-state index is 12.1. The molecule has 0 aromatic carbocycles. The van der Waals surface area contributed by atoms with Crippen molar-refractivity contribution in [3.05, 3.63) is 0 Å². The molecule has 1 amide bonds. The van der Waals surface area contributed by atoms with Crippen molar-refractivity contribution >= 4 is 6.09 Å². The van der Waals surface area contributed by atoms with Crippen LogP contribution in [0, 0.1) is 5.92 Å². The van der Waals surface area contributed by atoms with Gasteiger partial charge in [-0.05, 0) is 53.0 Å². The highest BCUT2D eigenvalue weighted by Crippen LogP contribution is 2.20. The lowest BCUT2D eigenvalue weighted by molar-refractivity contribution is 0.00928. The predicted octanol–water partition coefficient (Wildman–Crippen LogP) is 3.41. The number of ether oxygens (including phenoxy) is 1. The first-order valence-corrected chi connectivity index (χ1v) is 7.96. The van der Waals surface area contributed by atoms with Crippen LogP contribution in [0.15, 0.2) is 0 Å². The Morgan fingerprint density at radius 2 is 2.10 bits per heavy atom. The van der Waals surface area contributed by atoms with E-state index in [1.54, 1.807) is 0 Å². The minimum Gasteiger partial charge on any atom is -0.444 e. The van der Waals surface area contributed by atoms with Crippen LogP contribution in [0.25, 0.3) is 0 Å². The van der Waals surface area contributed by atoms with Gasteiger partial charge in [-0.3, -0.25) is 0 Å². The van der Waals surface area contributed by atoms with Gasteiger partial charge >= 0.3 is 6.09 Å². The summed E-state index contributed by atoms with van der Waals surface area (Å²) in [4.78, 5) is 14.0. The van der Waals surface area contributed by atoms with Crippen LogP contribution in [0.1, 0.15) is 60.8 Å². The second-order valence-electron chi connectivity index (χ2n) is 7.17. The van der Waals surface area contributed by atoms with Crippen LogP contribution in [-0.4, -0.2) is 41.8 Å². The largest absolute Gasteiger partial charge is 0.444 e. The molecule has 118 valence electrons. The van der Waals surface area contributed by atoms with E-state index in [2.05, 4.69) is 26.1 Å². The molecule has 0 bridgehead atoms. The Labute approximate surface area is 124 Å². The van der Waals surface area contributed by atoms with Gasteiger partial charge in [0.05, 0.1) is 0 Å². The molecule has 0 aromatic rings. The molecule has 3 unspecified atom stereocenters. The highest BCUT2D eigenvalue weighted by atomic mass is 16.6. The zero-order chi connectivity index (χ0) is 15.3. The van der Waals surface area contributed by atoms with Gasteiger partial charge in [0.1, 0.15) is 5.60 Å². The van der Waals surface area contributed by atoms with Crippen molar-refractivity contribution in [2.75, 3.05) is 13.1 Å². The molecule has 1 aliphatic rings. The highest BCUT2D eigenvalue weighted by Gasteiger charge is 2.31. The number of carbonyl (C=O) groups excluding carboxylic acids is 1. The van der Waals surface area contributed by atoms with E-state index in [-0.39, 0.29) is 12.1 Å². The summed E-state index contributed by atoms with van der Waals surface area (Å²) in [5.74, 6) is 0.717. The summed E-state index contributed by atoms with van der Waals surface area (Å²) in [6, 6.07) is 0.769. The first kappa shape index (κ1) is 17.3.